The van der Waals surface area contributed by atoms with Gasteiger partial charge < -0.3 is 33.8 Å². The second-order valence-corrected chi connectivity index (χ2v) is 27.5. The molecule has 0 saturated heterocycles. The molecule has 0 heterocycles. The summed E-state index contributed by atoms with van der Waals surface area (Å²) in [4.78, 5) is 72.2. The van der Waals surface area contributed by atoms with E-state index in [9.17, 15) is 43.2 Å². The van der Waals surface area contributed by atoms with Gasteiger partial charge in [-0.05, 0) is 25.7 Å². The van der Waals surface area contributed by atoms with Gasteiger partial charge in [-0.1, -0.05) is 304 Å². The van der Waals surface area contributed by atoms with E-state index in [1.54, 1.807) is 0 Å². The van der Waals surface area contributed by atoms with Crippen molar-refractivity contribution in [2.45, 2.75) is 373 Å². The van der Waals surface area contributed by atoms with Crippen LogP contribution >= 0.6 is 15.6 Å². The van der Waals surface area contributed by atoms with E-state index in [4.69, 9.17) is 37.0 Å². The third kappa shape index (κ3) is 62.6. The fourth-order valence-corrected chi connectivity index (χ4v) is 11.9. The topological polar surface area (TPSA) is 237 Å². The molecule has 87 heavy (non-hydrogen) atoms. The summed E-state index contributed by atoms with van der Waals surface area (Å²) in [6, 6.07) is 0. The number of ether oxygens (including phenoxy) is 4. The molecule has 0 bridgehead atoms. The van der Waals surface area contributed by atoms with Crippen molar-refractivity contribution in [2.24, 2.45) is 0 Å². The summed E-state index contributed by atoms with van der Waals surface area (Å²) in [5.74, 6) is -2.13. The van der Waals surface area contributed by atoms with Gasteiger partial charge in [0, 0.05) is 25.7 Å². The Morgan fingerprint density at radius 2 is 0.460 bits per heavy atom. The standard InChI is InChI=1S/C68H132O17P2/c1-5-9-13-17-21-24-26-28-29-30-31-32-34-36-39-43-47-51-55-68(73)85-64(59-79-66(71)53-49-45-41-38-35-33-27-25-22-18-14-10-6-2)61-83-87(76,77)81-57-62(69)56-80-86(74,75)82-60-63(58-78-65(70)52-48-44-40-20-16-12-8-4)84-67(72)54-50-46-42-37-23-19-15-11-7-3/h62-64,69H,5-61H2,1-4H3,(H,74,75)(H,76,77)/t62-,63+,64+/m0/s1. The highest BCUT2D eigenvalue weighted by Gasteiger charge is 2.30. The molecule has 0 fully saturated rings. The Bertz CT molecular complexity index is 1670. The van der Waals surface area contributed by atoms with Gasteiger partial charge in [0.2, 0.25) is 0 Å². The molecule has 5 atom stereocenters. The van der Waals surface area contributed by atoms with Crippen molar-refractivity contribution >= 4 is 39.5 Å². The molecule has 0 aromatic rings. The minimum atomic E-state index is -4.95. The van der Waals surface area contributed by atoms with E-state index in [2.05, 4.69) is 27.7 Å². The number of carbonyl (C=O) groups is 4. The van der Waals surface area contributed by atoms with Crippen molar-refractivity contribution in [1.29, 1.82) is 0 Å². The van der Waals surface area contributed by atoms with Crippen LogP contribution < -0.4 is 0 Å². The summed E-state index contributed by atoms with van der Waals surface area (Å²) in [7, 11) is -9.88. The van der Waals surface area contributed by atoms with Crippen LogP contribution in [-0.2, 0) is 65.4 Å². The minimum absolute atomic E-state index is 0.106. The molecule has 2 unspecified atom stereocenters. The highest BCUT2D eigenvalue weighted by atomic mass is 31.2. The van der Waals surface area contributed by atoms with Crippen molar-refractivity contribution in [3.63, 3.8) is 0 Å². The zero-order valence-corrected chi connectivity index (χ0v) is 57.8. The number of aliphatic hydroxyl groups excluding tert-OH is 1. The quantitative estimate of drug-likeness (QED) is 0.0222. The molecule has 0 amide bonds. The highest BCUT2D eigenvalue weighted by Crippen LogP contribution is 2.45. The van der Waals surface area contributed by atoms with E-state index in [1.165, 1.54) is 173 Å². The van der Waals surface area contributed by atoms with E-state index in [-0.39, 0.29) is 25.7 Å². The predicted octanol–water partition coefficient (Wildman–Crippen LogP) is 19.5. The van der Waals surface area contributed by atoms with Gasteiger partial charge in [0.1, 0.15) is 19.3 Å². The lowest BCUT2D eigenvalue weighted by Crippen LogP contribution is -2.30. The maximum Gasteiger partial charge on any atom is 0.472 e. The van der Waals surface area contributed by atoms with Crippen molar-refractivity contribution in [3.8, 4) is 0 Å². The highest BCUT2D eigenvalue weighted by molar-refractivity contribution is 7.47. The first-order valence-electron chi connectivity index (χ1n) is 35.8. The molecule has 3 N–H and O–H groups in total. The minimum Gasteiger partial charge on any atom is -0.462 e. The first kappa shape index (κ1) is 85.1. The molecule has 0 rings (SSSR count). The van der Waals surface area contributed by atoms with Crippen LogP contribution in [0, 0.1) is 0 Å². The number of unbranched alkanes of at least 4 members (excludes halogenated alkanes) is 43. The molecule has 0 aromatic carbocycles. The van der Waals surface area contributed by atoms with Gasteiger partial charge in [0.15, 0.2) is 12.2 Å². The molecule has 516 valence electrons. The molecule has 0 saturated carbocycles. The van der Waals surface area contributed by atoms with Crippen LogP contribution in [-0.4, -0.2) is 96.7 Å². The lowest BCUT2D eigenvalue weighted by Gasteiger charge is -2.21. The fourth-order valence-electron chi connectivity index (χ4n) is 10.3. The first-order valence-corrected chi connectivity index (χ1v) is 38.8. The average Bonchev–Trinajstić information content (AvgIpc) is 3.71. The third-order valence-electron chi connectivity index (χ3n) is 15.9. The Labute approximate surface area is 530 Å². The predicted molar refractivity (Wildman–Crippen MR) is 349 cm³/mol. The smallest absolute Gasteiger partial charge is 0.462 e. The SMILES string of the molecule is CCCCCCCCCCCCCCCCCCCCC(=O)O[C@H](COC(=O)CCCCCCCCCCCCCCC)COP(=O)(O)OC[C@@H](O)COP(=O)(O)OC[C@@H](COC(=O)CCCCCCCCC)OC(=O)CCCCCCCCCCC. The Balaban J connectivity index is 5.17. The van der Waals surface area contributed by atoms with Crippen LogP contribution in [0.15, 0.2) is 0 Å². The van der Waals surface area contributed by atoms with Crippen LogP contribution in [0.3, 0.4) is 0 Å². The number of phosphoric acid groups is 2. The van der Waals surface area contributed by atoms with Crippen molar-refractivity contribution in [1.82, 2.24) is 0 Å². The van der Waals surface area contributed by atoms with Crippen LogP contribution in [0.4, 0.5) is 0 Å². The number of aliphatic hydroxyl groups is 1. The summed E-state index contributed by atoms with van der Waals surface area (Å²) in [5, 5.41) is 10.5. The number of esters is 4. The van der Waals surface area contributed by atoms with Gasteiger partial charge in [-0.25, -0.2) is 9.13 Å². The zero-order chi connectivity index (χ0) is 64.0. The molecule has 0 aliphatic rings. The normalized spacial score (nSPS) is 14.1. The average molecular weight is 1280 g/mol. The van der Waals surface area contributed by atoms with Crippen molar-refractivity contribution in [2.75, 3.05) is 39.6 Å². The van der Waals surface area contributed by atoms with Crippen molar-refractivity contribution < 1.29 is 80.2 Å². The summed E-state index contributed by atoms with van der Waals surface area (Å²) in [6.07, 6.45) is 50.1. The molecule has 0 aliphatic carbocycles. The van der Waals surface area contributed by atoms with Gasteiger partial charge in [-0.3, -0.25) is 37.3 Å². The van der Waals surface area contributed by atoms with E-state index in [0.29, 0.717) is 25.7 Å². The maximum atomic E-state index is 13.0. The largest absolute Gasteiger partial charge is 0.472 e. The second-order valence-electron chi connectivity index (χ2n) is 24.6. The Morgan fingerprint density at radius 3 is 0.678 bits per heavy atom. The molecule has 19 heteroatoms. The van der Waals surface area contributed by atoms with Gasteiger partial charge in [0.25, 0.3) is 0 Å². The second kappa shape index (κ2) is 62.8. The van der Waals surface area contributed by atoms with Gasteiger partial charge in [-0.15, -0.1) is 0 Å². The summed E-state index contributed by atoms with van der Waals surface area (Å²) >= 11 is 0. The first-order chi connectivity index (χ1) is 42.2. The van der Waals surface area contributed by atoms with Crippen LogP contribution in [0.1, 0.15) is 355 Å². The summed E-state index contributed by atoms with van der Waals surface area (Å²) < 4.78 is 68.0. The van der Waals surface area contributed by atoms with Crippen LogP contribution in [0.5, 0.6) is 0 Å². The molecule has 17 nitrogen and oxygen atoms in total. The molecule has 0 spiro atoms. The molecule has 0 radical (unpaired) electrons. The van der Waals surface area contributed by atoms with E-state index >= 15 is 0 Å². The fraction of sp³-hybridized carbons (Fsp3) is 0.941. The van der Waals surface area contributed by atoms with Crippen LogP contribution in [0.2, 0.25) is 0 Å². The van der Waals surface area contributed by atoms with Crippen LogP contribution in [0.25, 0.3) is 0 Å². The number of rotatable bonds is 69. The number of carbonyl (C=O) groups excluding carboxylic acids is 4. The third-order valence-corrected chi connectivity index (χ3v) is 17.8. The van der Waals surface area contributed by atoms with Gasteiger partial charge in [-0.2, -0.15) is 0 Å². The maximum absolute atomic E-state index is 13.0. The lowest BCUT2D eigenvalue weighted by atomic mass is 10.0. The zero-order valence-electron chi connectivity index (χ0n) is 56.0. The number of phosphoric ester groups is 2. The van der Waals surface area contributed by atoms with E-state index in [0.717, 1.165) is 103 Å². The Morgan fingerprint density at radius 1 is 0.276 bits per heavy atom. The van der Waals surface area contributed by atoms with Crippen molar-refractivity contribution in [3.05, 3.63) is 0 Å². The Hall–Kier alpha value is -1.94. The summed E-state index contributed by atoms with van der Waals surface area (Å²) in [5.41, 5.74) is 0. The molecule has 0 aliphatic heterocycles. The van der Waals surface area contributed by atoms with Gasteiger partial charge >= 0.3 is 39.5 Å². The number of hydrogen-bond acceptors (Lipinski definition) is 15. The number of hydrogen-bond donors (Lipinski definition) is 3. The Kier molecular flexibility index (Phi) is 61.4. The molecular formula is C68H132O17P2. The molecular weight excluding hydrogens is 1150 g/mol. The molecule has 0 aromatic heterocycles. The van der Waals surface area contributed by atoms with E-state index in [1.807, 2.05) is 0 Å². The summed E-state index contributed by atoms with van der Waals surface area (Å²) in [6.45, 7) is 4.87. The lowest BCUT2D eigenvalue weighted by molar-refractivity contribution is -0.161. The monoisotopic (exact) mass is 1280 g/mol. The van der Waals surface area contributed by atoms with Gasteiger partial charge in [0.05, 0.1) is 26.4 Å². The van der Waals surface area contributed by atoms with E-state index < -0.39 is 97.5 Å².